The molecule has 8 nitrogen and oxygen atoms in total. The second kappa shape index (κ2) is 9.06. The maximum absolute atomic E-state index is 13.7. The molecule has 2 bridgehead atoms. The van der Waals surface area contributed by atoms with E-state index in [1.165, 1.54) is 0 Å². The van der Waals surface area contributed by atoms with Crippen LogP contribution in [0.15, 0.2) is 30.3 Å². The van der Waals surface area contributed by atoms with Crippen LogP contribution >= 0.6 is 0 Å². The van der Waals surface area contributed by atoms with Crippen LogP contribution in [-0.2, 0) is 25.7 Å². The van der Waals surface area contributed by atoms with Crippen molar-refractivity contribution >= 4 is 17.7 Å². The molecular weight excluding hydrogens is 422 g/mol. The third-order valence-corrected chi connectivity index (χ3v) is 7.76. The molecule has 1 spiro atoms. The van der Waals surface area contributed by atoms with E-state index in [2.05, 4.69) is 10.6 Å². The van der Waals surface area contributed by atoms with Crippen LogP contribution in [0.4, 0.5) is 0 Å². The van der Waals surface area contributed by atoms with Crippen LogP contribution in [0.2, 0.25) is 0 Å². The van der Waals surface area contributed by atoms with Crippen molar-refractivity contribution in [1.82, 2.24) is 15.5 Å². The maximum Gasteiger partial charge on any atom is 0.246 e. The van der Waals surface area contributed by atoms with E-state index in [0.717, 1.165) is 12.0 Å². The number of aliphatic hydroxyl groups excluding tert-OH is 1. The number of carbonyl (C=O) groups is 3. The van der Waals surface area contributed by atoms with Crippen LogP contribution in [-0.4, -0.2) is 64.7 Å². The molecule has 0 radical (unpaired) electrons. The molecule has 3 saturated heterocycles. The molecule has 0 aromatic heterocycles. The normalized spacial score (nSPS) is 34.4. The van der Waals surface area contributed by atoms with Gasteiger partial charge >= 0.3 is 0 Å². The Morgan fingerprint density at radius 2 is 1.94 bits per heavy atom. The summed E-state index contributed by atoms with van der Waals surface area (Å²) in [7, 11) is 0. The number of carbonyl (C=O) groups excluding carboxylic acids is 3. The quantitative estimate of drug-likeness (QED) is 0.517. The summed E-state index contributed by atoms with van der Waals surface area (Å²) in [6.07, 6.45) is 1.69. The average Bonchev–Trinajstić information content (AvgIpc) is 3.32. The number of likely N-dealkylation sites (tertiary alicyclic amines) is 1. The average molecular weight is 458 g/mol. The summed E-state index contributed by atoms with van der Waals surface area (Å²) < 4.78 is 6.62. The standard InChI is InChI=1S/C25H35N3O5/c1-4-11-26-21(30)18-19-23(32)28(12-8-13-29)20(25(19)14-16(2)24(18,3)33-25)22(31)27-15-17-9-6-5-7-10-17/h5-7,9-10,16,18-20,29H,4,8,11-15H2,1-3H3,(H,26,30)(H,27,31)/t16?,18-,19-,20?,24+,25?/m0/s1. The Hall–Kier alpha value is -2.45. The predicted octanol–water partition coefficient (Wildman–Crippen LogP) is 1.22. The Labute approximate surface area is 195 Å². The summed E-state index contributed by atoms with van der Waals surface area (Å²) in [5.74, 6) is -2.03. The zero-order valence-electron chi connectivity index (χ0n) is 19.7. The van der Waals surface area contributed by atoms with E-state index in [1.807, 2.05) is 51.1 Å². The van der Waals surface area contributed by atoms with E-state index in [0.29, 0.717) is 25.9 Å². The molecule has 3 fully saturated rings. The number of benzene rings is 1. The van der Waals surface area contributed by atoms with Crippen molar-refractivity contribution in [2.75, 3.05) is 19.7 Å². The van der Waals surface area contributed by atoms with Gasteiger partial charge in [0.15, 0.2) is 0 Å². The van der Waals surface area contributed by atoms with Gasteiger partial charge in [-0.3, -0.25) is 14.4 Å². The van der Waals surface area contributed by atoms with Crippen molar-refractivity contribution in [3.05, 3.63) is 35.9 Å². The minimum Gasteiger partial charge on any atom is -0.396 e. The van der Waals surface area contributed by atoms with Crippen molar-refractivity contribution in [3.63, 3.8) is 0 Å². The van der Waals surface area contributed by atoms with E-state index in [9.17, 15) is 19.5 Å². The molecule has 3 aliphatic rings. The lowest BCUT2D eigenvalue weighted by molar-refractivity contribution is -0.147. The summed E-state index contributed by atoms with van der Waals surface area (Å²) >= 11 is 0. The van der Waals surface area contributed by atoms with Crippen molar-refractivity contribution in [3.8, 4) is 0 Å². The number of nitrogens with zero attached hydrogens (tertiary/aromatic N) is 1. The third kappa shape index (κ3) is 3.73. The van der Waals surface area contributed by atoms with E-state index in [1.54, 1.807) is 4.90 Å². The van der Waals surface area contributed by atoms with Crippen LogP contribution in [0.5, 0.6) is 0 Å². The Morgan fingerprint density at radius 1 is 1.21 bits per heavy atom. The van der Waals surface area contributed by atoms with E-state index >= 15 is 0 Å². The first-order valence-corrected chi connectivity index (χ1v) is 12.0. The molecule has 8 heteroatoms. The first kappa shape index (κ1) is 23.7. The minimum atomic E-state index is -1.05. The monoisotopic (exact) mass is 457 g/mol. The maximum atomic E-state index is 13.7. The van der Waals surface area contributed by atoms with Crippen molar-refractivity contribution in [1.29, 1.82) is 0 Å². The van der Waals surface area contributed by atoms with Crippen LogP contribution < -0.4 is 10.6 Å². The molecule has 4 rings (SSSR count). The summed E-state index contributed by atoms with van der Waals surface area (Å²) in [6, 6.07) is 8.76. The second-order valence-electron chi connectivity index (χ2n) is 9.81. The summed E-state index contributed by atoms with van der Waals surface area (Å²) in [5, 5.41) is 15.4. The van der Waals surface area contributed by atoms with Crippen molar-refractivity contribution < 1.29 is 24.2 Å². The Kier molecular flexibility index (Phi) is 6.51. The van der Waals surface area contributed by atoms with E-state index in [-0.39, 0.29) is 36.8 Å². The van der Waals surface area contributed by atoms with Gasteiger partial charge in [-0.25, -0.2) is 0 Å². The number of hydrogen-bond donors (Lipinski definition) is 3. The lowest BCUT2D eigenvalue weighted by atomic mass is 9.62. The van der Waals surface area contributed by atoms with Crippen molar-refractivity contribution in [2.45, 2.75) is 63.8 Å². The molecule has 0 aliphatic carbocycles. The lowest BCUT2D eigenvalue weighted by Gasteiger charge is -2.36. The second-order valence-corrected chi connectivity index (χ2v) is 9.81. The molecule has 0 saturated carbocycles. The number of rotatable bonds is 9. The zero-order valence-corrected chi connectivity index (χ0v) is 19.7. The molecule has 3 heterocycles. The molecular formula is C25H35N3O5. The topological polar surface area (TPSA) is 108 Å². The molecule has 33 heavy (non-hydrogen) atoms. The fourth-order valence-electron chi connectivity index (χ4n) is 6.16. The van der Waals surface area contributed by atoms with Crippen LogP contribution in [0.3, 0.4) is 0 Å². The number of hydrogen-bond acceptors (Lipinski definition) is 5. The van der Waals surface area contributed by atoms with Crippen LogP contribution in [0.25, 0.3) is 0 Å². The Bertz CT molecular complexity index is 909. The van der Waals surface area contributed by atoms with Gasteiger partial charge in [-0.15, -0.1) is 0 Å². The van der Waals surface area contributed by atoms with E-state index in [4.69, 9.17) is 4.74 Å². The Balaban J connectivity index is 1.67. The van der Waals surface area contributed by atoms with Crippen LogP contribution in [0.1, 0.15) is 45.6 Å². The van der Waals surface area contributed by atoms with Gasteiger partial charge < -0.3 is 25.4 Å². The molecule has 3 unspecified atom stereocenters. The highest BCUT2D eigenvalue weighted by atomic mass is 16.5. The van der Waals surface area contributed by atoms with Gasteiger partial charge in [0, 0.05) is 26.2 Å². The largest absolute Gasteiger partial charge is 0.396 e. The predicted molar refractivity (Wildman–Crippen MR) is 122 cm³/mol. The molecule has 6 atom stereocenters. The highest BCUT2D eigenvalue weighted by Gasteiger charge is 2.79. The lowest BCUT2D eigenvalue weighted by Crippen LogP contribution is -2.56. The summed E-state index contributed by atoms with van der Waals surface area (Å²) in [6.45, 7) is 6.95. The minimum absolute atomic E-state index is 0.0149. The number of fused-ring (bicyclic) bond motifs is 1. The SMILES string of the molecule is CCCNC(=O)[C@@H]1[C@H]2C(=O)N(CCCO)C(C(=O)NCc3ccccc3)C23CC(C)[C@@]1(C)O3. The molecule has 3 amide bonds. The van der Waals surface area contributed by atoms with Gasteiger partial charge in [-0.05, 0) is 37.7 Å². The van der Waals surface area contributed by atoms with Gasteiger partial charge in [-0.2, -0.15) is 0 Å². The first-order valence-electron chi connectivity index (χ1n) is 12.0. The van der Waals surface area contributed by atoms with Crippen molar-refractivity contribution in [2.24, 2.45) is 17.8 Å². The smallest absolute Gasteiger partial charge is 0.246 e. The van der Waals surface area contributed by atoms with Gasteiger partial charge in [-0.1, -0.05) is 44.2 Å². The molecule has 1 aromatic rings. The summed E-state index contributed by atoms with van der Waals surface area (Å²) in [5.41, 5.74) is -0.894. The van der Waals surface area contributed by atoms with Gasteiger partial charge in [0.25, 0.3) is 0 Å². The number of aliphatic hydroxyl groups is 1. The van der Waals surface area contributed by atoms with Gasteiger partial charge in [0.2, 0.25) is 17.7 Å². The number of ether oxygens (including phenoxy) is 1. The molecule has 3 aliphatic heterocycles. The zero-order chi connectivity index (χ0) is 23.8. The fourth-order valence-corrected chi connectivity index (χ4v) is 6.16. The van der Waals surface area contributed by atoms with Gasteiger partial charge in [0.1, 0.15) is 11.6 Å². The summed E-state index contributed by atoms with van der Waals surface area (Å²) in [4.78, 5) is 42.1. The van der Waals surface area contributed by atoms with Gasteiger partial charge in [0.05, 0.1) is 17.4 Å². The molecule has 1 aromatic carbocycles. The first-order chi connectivity index (χ1) is 15.8. The van der Waals surface area contributed by atoms with E-state index < -0.39 is 29.1 Å². The Morgan fingerprint density at radius 3 is 2.61 bits per heavy atom. The highest BCUT2D eigenvalue weighted by Crippen LogP contribution is 2.65. The fraction of sp³-hybridized carbons (Fsp3) is 0.640. The highest BCUT2D eigenvalue weighted by molar-refractivity contribution is 5.99. The number of amides is 3. The third-order valence-electron chi connectivity index (χ3n) is 7.76. The molecule has 180 valence electrons. The number of nitrogens with one attached hydrogen (secondary N) is 2. The molecule has 3 N–H and O–H groups in total. The van der Waals surface area contributed by atoms with Crippen LogP contribution in [0, 0.1) is 17.8 Å².